The van der Waals surface area contributed by atoms with Crippen LogP contribution in [0.1, 0.15) is 25.0 Å². The van der Waals surface area contributed by atoms with Crippen molar-refractivity contribution in [2.45, 2.75) is 32.4 Å². The van der Waals surface area contributed by atoms with Crippen LogP contribution in [0.25, 0.3) is 28.1 Å². The second-order valence-electron chi connectivity index (χ2n) is 11.0. The molecule has 0 saturated carbocycles. The Hall–Kier alpha value is -3.61. The Morgan fingerprint density at radius 3 is 2.58 bits per heavy atom. The first kappa shape index (κ1) is 25.4. The van der Waals surface area contributed by atoms with Gasteiger partial charge in [0.15, 0.2) is 17.0 Å². The molecule has 3 saturated heterocycles. The number of likely N-dealkylation sites (tertiary alicyclic amines) is 2. The zero-order valence-electron chi connectivity index (χ0n) is 23.0. The third-order valence-corrected chi connectivity index (χ3v) is 8.38. The number of morpholine rings is 1. The second-order valence-corrected chi connectivity index (χ2v) is 11.0. The minimum atomic E-state index is -0.388. The van der Waals surface area contributed by atoms with Gasteiger partial charge in [-0.2, -0.15) is 9.97 Å². The van der Waals surface area contributed by atoms with Crippen molar-refractivity contribution < 1.29 is 14.6 Å². The van der Waals surface area contributed by atoms with Crippen LogP contribution < -0.4 is 4.90 Å². The van der Waals surface area contributed by atoms with Gasteiger partial charge in [0.2, 0.25) is 11.9 Å². The number of anilines is 1. The van der Waals surface area contributed by atoms with Gasteiger partial charge < -0.3 is 24.2 Å². The molecule has 0 radical (unpaired) electrons. The highest BCUT2D eigenvalue weighted by Crippen LogP contribution is 2.30. The summed E-state index contributed by atoms with van der Waals surface area (Å²) in [6, 6.07) is 8.09. The van der Waals surface area contributed by atoms with Crippen molar-refractivity contribution in [2.75, 3.05) is 57.4 Å². The normalized spacial score (nSPS) is 20.6. The lowest BCUT2D eigenvalue weighted by Gasteiger charge is -2.39. The highest BCUT2D eigenvalue weighted by Gasteiger charge is 2.38. The molecule has 40 heavy (non-hydrogen) atoms. The first-order valence-corrected chi connectivity index (χ1v) is 14.2. The van der Waals surface area contributed by atoms with Gasteiger partial charge in [-0.3, -0.25) is 14.3 Å². The molecule has 210 valence electrons. The van der Waals surface area contributed by atoms with Crippen molar-refractivity contribution >= 4 is 33.9 Å². The molecule has 6 heterocycles. The zero-order valence-corrected chi connectivity index (χ0v) is 23.0. The molecule has 1 amide bonds. The number of imidazole rings is 2. The molecule has 1 N–H and O–H groups in total. The lowest BCUT2D eigenvalue weighted by Crippen LogP contribution is -2.53. The first-order valence-electron chi connectivity index (χ1n) is 14.2. The number of fused-ring (bicyclic) bond motifs is 2. The average molecular weight is 546 g/mol. The van der Waals surface area contributed by atoms with E-state index in [-0.39, 0.29) is 17.9 Å². The third-order valence-electron chi connectivity index (χ3n) is 8.38. The standard InChI is InChI=1S/C28H35N9O3/c1-3-22-29-20-6-4-5-7-21(20)37(22)28-31-25-24(26(32-28)35-10-12-40-13-11-35)30-23(33(25)2)17-34-14-18(15-34)27(39)36-9-8-19(38)16-36/h4-7,18-19,38H,3,8-17H2,1-2H3/t19-/m0/s1. The van der Waals surface area contributed by atoms with Gasteiger partial charge in [0.1, 0.15) is 11.6 Å². The van der Waals surface area contributed by atoms with E-state index in [4.69, 9.17) is 24.7 Å². The summed E-state index contributed by atoms with van der Waals surface area (Å²) < 4.78 is 9.75. The van der Waals surface area contributed by atoms with E-state index in [1.165, 1.54) is 0 Å². The van der Waals surface area contributed by atoms with E-state index >= 15 is 0 Å². The molecule has 4 aromatic rings. The van der Waals surface area contributed by atoms with Gasteiger partial charge in [-0.25, -0.2) is 9.97 Å². The molecule has 1 atom stereocenters. The minimum absolute atomic E-state index is 0.0164. The van der Waals surface area contributed by atoms with E-state index < -0.39 is 0 Å². The topological polar surface area (TPSA) is 118 Å². The first-order chi connectivity index (χ1) is 19.5. The average Bonchev–Trinajstić information content (AvgIpc) is 3.65. The zero-order chi connectivity index (χ0) is 27.4. The number of benzene rings is 1. The fourth-order valence-corrected chi connectivity index (χ4v) is 6.11. The molecule has 0 aliphatic carbocycles. The molecule has 1 aromatic carbocycles. The van der Waals surface area contributed by atoms with Gasteiger partial charge in [0, 0.05) is 52.7 Å². The van der Waals surface area contributed by atoms with Crippen LogP contribution in [0.4, 0.5) is 5.82 Å². The van der Waals surface area contributed by atoms with Crippen LogP contribution in [0.3, 0.4) is 0 Å². The molecule has 0 unspecified atom stereocenters. The number of ether oxygens (including phenoxy) is 1. The Morgan fingerprint density at radius 1 is 1.02 bits per heavy atom. The highest BCUT2D eigenvalue weighted by molar-refractivity contribution is 5.86. The van der Waals surface area contributed by atoms with Gasteiger partial charge in [0.05, 0.1) is 42.8 Å². The van der Waals surface area contributed by atoms with Crippen molar-refractivity contribution in [2.24, 2.45) is 13.0 Å². The summed E-state index contributed by atoms with van der Waals surface area (Å²) in [5.41, 5.74) is 3.47. The maximum Gasteiger partial charge on any atom is 0.239 e. The summed E-state index contributed by atoms with van der Waals surface area (Å²) in [6.45, 7) is 8.00. The Kier molecular flexibility index (Phi) is 6.40. The molecule has 3 aliphatic heterocycles. The Balaban J connectivity index is 1.22. The van der Waals surface area contributed by atoms with Crippen LogP contribution in [-0.2, 0) is 29.5 Å². The number of nitrogens with zero attached hydrogens (tertiary/aromatic N) is 9. The molecule has 7 rings (SSSR count). The molecule has 0 spiro atoms. The lowest BCUT2D eigenvalue weighted by atomic mass is 9.98. The maximum atomic E-state index is 12.8. The van der Waals surface area contributed by atoms with Gasteiger partial charge in [-0.15, -0.1) is 0 Å². The van der Waals surface area contributed by atoms with Crippen LogP contribution in [0.2, 0.25) is 0 Å². The van der Waals surface area contributed by atoms with Crippen molar-refractivity contribution in [3.8, 4) is 5.95 Å². The number of carbonyl (C=O) groups is 1. The number of para-hydroxylation sites is 2. The molecule has 3 fully saturated rings. The number of amides is 1. The van der Waals surface area contributed by atoms with Crippen LogP contribution >= 0.6 is 0 Å². The van der Waals surface area contributed by atoms with Crippen molar-refractivity contribution in [3.05, 3.63) is 35.9 Å². The fraction of sp³-hybridized carbons (Fsp3) is 0.536. The molecule has 3 aromatic heterocycles. The van der Waals surface area contributed by atoms with E-state index in [0.29, 0.717) is 58.3 Å². The maximum absolute atomic E-state index is 12.8. The van der Waals surface area contributed by atoms with Crippen molar-refractivity contribution in [3.63, 3.8) is 0 Å². The van der Waals surface area contributed by atoms with Gasteiger partial charge in [-0.05, 0) is 18.6 Å². The number of aryl methyl sites for hydroxylation is 2. The Labute approximate surface area is 232 Å². The predicted molar refractivity (Wildman–Crippen MR) is 149 cm³/mol. The summed E-state index contributed by atoms with van der Waals surface area (Å²) in [5.74, 6) is 3.35. The summed E-state index contributed by atoms with van der Waals surface area (Å²) in [5, 5.41) is 9.80. The fourth-order valence-electron chi connectivity index (χ4n) is 6.11. The third kappa shape index (κ3) is 4.30. The van der Waals surface area contributed by atoms with Crippen LogP contribution in [0, 0.1) is 5.92 Å². The van der Waals surface area contributed by atoms with Gasteiger partial charge in [-0.1, -0.05) is 19.1 Å². The minimum Gasteiger partial charge on any atom is -0.391 e. The van der Waals surface area contributed by atoms with E-state index in [1.54, 1.807) is 4.90 Å². The monoisotopic (exact) mass is 545 g/mol. The predicted octanol–water partition coefficient (Wildman–Crippen LogP) is 1.13. The van der Waals surface area contributed by atoms with E-state index in [0.717, 1.165) is 59.2 Å². The number of hydrogen-bond donors (Lipinski definition) is 1. The number of aliphatic hydroxyl groups excluding tert-OH is 1. The number of rotatable bonds is 6. The summed E-state index contributed by atoms with van der Waals surface area (Å²) in [7, 11) is 2.01. The lowest BCUT2D eigenvalue weighted by molar-refractivity contribution is -0.140. The Bertz CT molecular complexity index is 1570. The number of β-amino-alcohol motifs (C(OH)–C–C–N with tert-alkyl or cyclic N) is 1. The largest absolute Gasteiger partial charge is 0.391 e. The van der Waals surface area contributed by atoms with E-state index in [1.807, 2.05) is 25.2 Å². The van der Waals surface area contributed by atoms with Gasteiger partial charge >= 0.3 is 0 Å². The van der Waals surface area contributed by atoms with Gasteiger partial charge in [0.25, 0.3) is 0 Å². The van der Waals surface area contributed by atoms with Crippen LogP contribution in [-0.4, -0.2) is 108 Å². The molecule has 12 nitrogen and oxygen atoms in total. The number of aliphatic hydroxyl groups is 1. The van der Waals surface area contributed by atoms with Crippen molar-refractivity contribution in [1.29, 1.82) is 0 Å². The quantitative estimate of drug-likeness (QED) is 0.380. The molecule has 3 aliphatic rings. The van der Waals surface area contributed by atoms with Crippen LogP contribution in [0.15, 0.2) is 24.3 Å². The highest BCUT2D eigenvalue weighted by atomic mass is 16.5. The Morgan fingerprint density at radius 2 is 1.82 bits per heavy atom. The smallest absolute Gasteiger partial charge is 0.239 e. The summed E-state index contributed by atoms with van der Waals surface area (Å²) in [6.07, 6.45) is 1.04. The number of aromatic nitrogens is 6. The molecule has 12 heteroatoms. The van der Waals surface area contributed by atoms with Crippen LogP contribution in [0.5, 0.6) is 0 Å². The van der Waals surface area contributed by atoms with E-state index in [9.17, 15) is 9.90 Å². The molecule has 0 bridgehead atoms. The second kappa shape index (κ2) is 10.1. The number of hydrogen-bond acceptors (Lipinski definition) is 9. The molecular formula is C28H35N9O3. The summed E-state index contributed by atoms with van der Waals surface area (Å²) in [4.78, 5) is 39.2. The van der Waals surface area contributed by atoms with E-state index in [2.05, 4.69) is 31.9 Å². The molecular weight excluding hydrogens is 510 g/mol. The van der Waals surface area contributed by atoms with Crippen molar-refractivity contribution in [1.82, 2.24) is 38.9 Å². The number of carbonyl (C=O) groups excluding carboxylic acids is 1. The SMILES string of the molecule is CCc1nc2ccccc2n1-c1nc(N2CCOCC2)c2nc(CN3CC(C(=O)N4CC[C@H](O)C4)C3)n(C)c2n1. The summed E-state index contributed by atoms with van der Waals surface area (Å²) >= 11 is 0.